The van der Waals surface area contributed by atoms with Crippen molar-refractivity contribution >= 4 is 22.3 Å². The minimum Gasteiger partial charge on any atom is -0.398 e. The summed E-state index contributed by atoms with van der Waals surface area (Å²) in [6.45, 7) is 0. The zero-order chi connectivity index (χ0) is 13.4. The normalized spacial score (nSPS) is 10.7. The molecule has 0 atom stereocenters. The molecule has 0 amide bonds. The second kappa shape index (κ2) is 4.09. The fraction of sp³-hybridized carbons (Fsp3) is 0. The molecule has 3 rings (SSSR count). The van der Waals surface area contributed by atoms with E-state index < -0.39 is 4.92 Å². The highest BCUT2D eigenvalue weighted by molar-refractivity contribution is 6.01. The number of fused-ring (bicyclic) bond motifs is 1. The van der Waals surface area contributed by atoms with E-state index in [-0.39, 0.29) is 5.69 Å². The van der Waals surface area contributed by atoms with Crippen LogP contribution in [0, 0.1) is 10.1 Å². The number of nitrogens with one attached hydrogen (secondary N) is 1. The molecule has 6 heteroatoms. The first-order valence-electron chi connectivity index (χ1n) is 5.64. The molecule has 0 bridgehead atoms. The van der Waals surface area contributed by atoms with Crippen molar-refractivity contribution in [2.24, 2.45) is 0 Å². The monoisotopic (exact) mass is 254 g/mol. The number of nitrogen functional groups attached to an aromatic ring is 1. The van der Waals surface area contributed by atoms with Crippen molar-refractivity contribution in [1.29, 1.82) is 0 Å². The minimum absolute atomic E-state index is 0.0307. The van der Waals surface area contributed by atoms with E-state index >= 15 is 0 Å². The number of H-pyrrole nitrogens is 1. The summed E-state index contributed by atoms with van der Waals surface area (Å²) in [5, 5.41) is 18.7. The largest absolute Gasteiger partial charge is 0.398 e. The Labute approximate surface area is 108 Å². The van der Waals surface area contributed by atoms with E-state index in [1.165, 1.54) is 12.1 Å². The van der Waals surface area contributed by atoms with Gasteiger partial charge in [0.2, 0.25) is 0 Å². The van der Waals surface area contributed by atoms with Crippen LogP contribution in [0.25, 0.3) is 22.2 Å². The van der Waals surface area contributed by atoms with E-state index in [9.17, 15) is 10.1 Å². The van der Waals surface area contributed by atoms with E-state index in [4.69, 9.17) is 5.73 Å². The summed E-state index contributed by atoms with van der Waals surface area (Å²) in [4.78, 5) is 10.4. The van der Waals surface area contributed by atoms with Crippen LogP contribution in [-0.2, 0) is 0 Å². The molecule has 0 radical (unpaired) electrons. The van der Waals surface area contributed by atoms with Gasteiger partial charge in [0.1, 0.15) is 5.69 Å². The fourth-order valence-electron chi connectivity index (χ4n) is 2.08. The molecule has 0 saturated carbocycles. The number of nitro groups is 1. The first-order valence-corrected chi connectivity index (χ1v) is 5.64. The highest BCUT2D eigenvalue weighted by Crippen LogP contribution is 2.31. The average Bonchev–Trinajstić information content (AvgIpc) is 2.84. The number of benzene rings is 2. The van der Waals surface area contributed by atoms with Crippen molar-refractivity contribution in [3.05, 3.63) is 52.6 Å². The summed E-state index contributed by atoms with van der Waals surface area (Å²) in [7, 11) is 0. The summed E-state index contributed by atoms with van der Waals surface area (Å²) in [5.74, 6) is 0. The molecule has 0 saturated heterocycles. The van der Waals surface area contributed by atoms with Gasteiger partial charge >= 0.3 is 0 Å². The van der Waals surface area contributed by atoms with Crippen LogP contribution in [0.15, 0.2) is 42.5 Å². The van der Waals surface area contributed by atoms with Crippen LogP contribution in [0.2, 0.25) is 0 Å². The van der Waals surface area contributed by atoms with Gasteiger partial charge < -0.3 is 5.73 Å². The predicted octanol–water partition coefficient (Wildman–Crippen LogP) is 2.72. The Kier molecular flexibility index (Phi) is 2.42. The first-order chi connectivity index (χ1) is 9.16. The molecule has 0 aliphatic rings. The maximum Gasteiger partial charge on any atom is 0.270 e. The van der Waals surface area contributed by atoms with Crippen LogP contribution < -0.4 is 5.73 Å². The number of anilines is 1. The van der Waals surface area contributed by atoms with Crippen molar-refractivity contribution in [2.75, 3.05) is 5.73 Å². The number of nitrogens with two attached hydrogens (primary N) is 1. The Morgan fingerprint density at radius 3 is 2.79 bits per heavy atom. The van der Waals surface area contributed by atoms with E-state index in [1.54, 1.807) is 18.2 Å². The van der Waals surface area contributed by atoms with Gasteiger partial charge in [0.15, 0.2) is 0 Å². The molecule has 0 aliphatic heterocycles. The Balaban J connectivity index is 2.25. The van der Waals surface area contributed by atoms with Crippen molar-refractivity contribution < 1.29 is 4.92 Å². The van der Waals surface area contributed by atoms with Crippen LogP contribution in [0.3, 0.4) is 0 Å². The second-order valence-corrected chi connectivity index (χ2v) is 4.15. The van der Waals surface area contributed by atoms with Crippen LogP contribution >= 0.6 is 0 Å². The van der Waals surface area contributed by atoms with Gasteiger partial charge in [-0.15, -0.1) is 0 Å². The number of nitrogens with zero attached hydrogens (tertiary/aromatic N) is 2. The summed E-state index contributed by atoms with van der Waals surface area (Å²) < 4.78 is 0. The number of hydrogen-bond donors (Lipinski definition) is 2. The molecular formula is C13H10N4O2. The number of aromatic amines is 1. The lowest BCUT2D eigenvalue weighted by Gasteiger charge is -2.00. The lowest BCUT2D eigenvalue weighted by Crippen LogP contribution is -1.89. The second-order valence-electron chi connectivity index (χ2n) is 4.15. The maximum atomic E-state index is 10.8. The van der Waals surface area contributed by atoms with Crippen molar-refractivity contribution in [2.45, 2.75) is 0 Å². The van der Waals surface area contributed by atoms with E-state index in [0.717, 1.165) is 10.9 Å². The minimum atomic E-state index is -0.429. The topological polar surface area (TPSA) is 97.8 Å². The quantitative estimate of drug-likeness (QED) is 0.417. The van der Waals surface area contributed by atoms with Gasteiger partial charge in [-0.05, 0) is 12.1 Å². The summed E-state index contributed by atoms with van der Waals surface area (Å²) in [6.07, 6.45) is 0. The van der Waals surface area contributed by atoms with Gasteiger partial charge in [-0.2, -0.15) is 5.10 Å². The molecule has 3 aromatic rings. The molecule has 0 fully saturated rings. The smallest absolute Gasteiger partial charge is 0.270 e. The lowest BCUT2D eigenvalue weighted by molar-refractivity contribution is -0.384. The van der Waals surface area contributed by atoms with E-state index in [2.05, 4.69) is 10.2 Å². The van der Waals surface area contributed by atoms with E-state index in [1.807, 2.05) is 12.1 Å². The van der Waals surface area contributed by atoms with Gasteiger partial charge in [0, 0.05) is 23.4 Å². The third-order valence-electron chi connectivity index (χ3n) is 2.95. The molecule has 2 aromatic carbocycles. The third-order valence-corrected chi connectivity index (χ3v) is 2.95. The van der Waals surface area contributed by atoms with Crippen molar-refractivity contribution in [3.8, 4) is 11.3 Å². The Bertz CT molecular complexity index is 779. The molecule has 6 nitrogen and oxygen atoms in total. The SMILES string of the molecule is Nc1cccc2[nH]nc(-c3cccc([N+](=O)[O-])c3)c12. The van der Waals surface area contributed by atoms with Crippen LogP contribution in [0.5, 0.6) is 0 Å². The summed E-state index contributed by atoms with van der Waals surface area (Å²) in [5.41, 5.74) is 8.66. The molecular weight excluding hydrogens is 244 g/mol. The molecule has 19 heavy (non-hydrogen) atoms. The van der Waals surface area contributed by atoms with Gasteiger partial charge in [-0.3, -0.25) is 15.2 Å². The molecule has 3 N–H and O–H groups in total. The number of non-ortho nitro benzene ring substituents is 1. The predicted molar refractivity (Wildman–Crippen MR) is 72.6 cm³/mol. The number of hydrogen-bond acceptors (Lipinski definition) is 4. The van der Waals surface area contributed by atoms with Gasteiger partial charge in [-0.25, -0.2) is 0 Å². The van der Waals surface area contributed by atoms with Crippen LogP contribution in [-0.4, -0.2) is 15.1 Å². The zero-order valence-electron chi connectivity index (χ0n) is 9.83. The number of nitro benzene ring substituents is 1. The number of rotatable bonds is 2. The van der Waals surface area contributed by atoms with E-state index in [0.29, 0.717) is 16.9 Å². The summed E-state index contributed by atoms with van der Waals surface area (Å²) >= 11 is 0. The molecule has 1 heterocycles. The molecule has 1 aromatic heterocycles. The highest BCUT2D eigenvalue weighted by atomic mass is 16.6. The molecule has 0 spiro atoms. The molecule has 0 unspecified atom stereocenters. The van der Waals surface area contributed by atoms with Crippen molar-refractivity contribution in [3.63, 3.8) is 0 Å². The Morgan fingerprint density at radius 2 is 2.00 bits per heavy atom. The molecule has 0 aliphatic carbocycles. The van der Waals surface area contributed by atoms with Gasteiger partial charge in [0.25, 0.3) is 5.69 Å². The van der Waals surface area contributed by atoms with Crippen molar-refractivity contribution in [1.82, 2.24) is 10.2 Å². The van der Waals surface area contributed by atoms with Crippen LogP contribution in [0.4, 0.5) is 11.4 Å². The first kappa shape index (κ1) is 11.2. The zero-order valence-corrected chi connectivity index (χ0v) is 9.83. The Morgan fingerprint density at radius 1 is 1.21 bits per heavy atom. The highest BCUT2D eigenvalue weighted by Gasteiger charge is 2.13. The van der Waals surface area contributed by atoms with Crippen LogP contribution in [0.1, 0.15) is 0 Å². The Hall–Kier alpha value is -2.89. The third kappa shape index (κ3) is 1.79. The lowest BCUT2D eigenvalue weighted by atomic mass is 10.1. The van der Waals surface area contributed by atoms with Gasteiger partial charge in [0.05, 0.1) is 15.8 Å². The molecule has 94 valence electrons. The summed E-state index contributed by atoms with van der Waals surface area (Å²) in [6, 6.07) is 11.8. The number of aromatic nitrogens is 2. The van der Waals surface area contributed by atoms with Gasteiger partial charge in [-0.1, -0.05) is 18.2 Å². The average molecular weight is 254 g/mol. The fourth-order valence-corrected chi connectivity index (χ4v) is 2.08. The maximum absolute atomic E-state index is 10.8. The standard InChI is InChI=1S/C13H10N4O2/c14-10-5-2-6-11-12(10)13(16-15-11)8-3-1-4-9(7-8)17(18)19/h1-7H,14H2,(H,15,16).